The maximum atomic E-state index is 5.07. The maximum absolute atomic E-state index is 5.07. The van der Waals surface area contributed by atoms with Gasteiger partial charge in [0, 0.05) is 12.6 Å². The van der Waals surface area contributed by atoms with Gasteiger partial charge in [0.15, 0.2) is 5.84 Å². The molecular weight excluding hydrogens is 180 g/mol. The van der Waals surface area contributed by atoms with E-state index >= 15 is 0 Å². The first kappa shape index (κ1) is 8.83. The summed E-state index contributed by atoms with van der Waals surface area (Å²) in [5.74, 6) is 1.64. The topological polar surface area (TPSA) is 48.9 Å². The summed E-state index contributed by atoms with van der Waals surface area (Å²) in [6.07, 6.45) is 0. The lowest BCUT2D eigenvalue weighted by molar-refractivity contribution is 0.232. The molecule has 5 nitrogen and oxygen atoms in total. The summed E-state index contributed by atoms with van der Waals surface area (Å²) in [4.78, 5) is 0. The van der Waals surface area contributed by atoms with Gasteiger partial charge in [-0.2, -0.15) is 0 Å². The molecule has 0 saturated carbocycles. The number of hydrazone groups is 1. The highest BCUT2D eigenvalue weighted by Crippen LogP contribution is 2.11. The molecule has 74 valence electrons. The van der Waals surface area contributed by atoms with Gasteiger partial charge in [-0.1, -0.05) is 0 Å². The predicted octanol–water partition coefficient (Wildman–Crippen LogP) is 0.311. The monoisotopic (exact) mass is 192 g/mol. The van der Waals surface area contributed by atoms with E-state index in [2.05, 4.69) is 16.1 Å². The van der Waals surface area contributed by atoms with Crippen LogP contribution in [-0.2, 0) is 0 Å². The van der Waals surface area contributed by atoms with Gasteiger partial charge in [-0.25, -0.2) is 5.53 Å². The molecule has 0 spiro atoms. The Bertz CT molecular complexity index is 346. The Morgan fingerprint density at radius 3 is 2.50 bits per heavy atom. The first-order valence-corrected chi connectivity index (χ1v) is 4.28. The normalized spacial score (nSPS) is 15.7. The van der Waals surface area contributed by atoms with Crippen LogP contribution >= 0.6 is 0 Å². The van der Waals surface area contributed by atoms with E-state index in [1.165, 1.54) is 0 Å². The molecule has 0 atom stereocenters. The zero-order valence-corrected chi connectivity index (χ0v) is 8.11. The number of nitrogens with zero attached hydrogens (tertiary/aromatic N) is 2. The van der Waals surface area contributed by atoms with Crippen molar-refractivity contribution < 1.29 is 4.74 Å². The van der Waals surface area contributed by atoms with Crippen molar-refractivity contribution in [2.75, 3.05) is 14.2 Å². The van der Waals surface area contributed by atoms with Gasteiger partial charge in [0.05, 0.1) is 7.11 Å². The zero-order valence-electron chi connectivity index (χ0n) is 8.11. The first-order valence-electron chi connectivity index (χ1n) is 4.28. The van der Waals surface area contributed by atoms with Crippen LogP contribution in [0.1, 0.15) is 5.56 Å². The van der Waals surface area contributed by atoms with Crippen LogP contribution in [0.2, 0.25) is 0 Å². The van der Waals surface area contributed by atoms with E-state index in [4.69, 9.17) is 4.74 Å². The third kappa shape index (κ3) is 1.62. The van der Waals surface area contributed by atoms with Crippen LogP contribution in [0.5, 0.6) is 5.75 Å². The number of hydrogen-bond donors (Lipinski definition) is 2. The molecule has 1 aliphatic heterocycles. The van der Waals surface area contributed by atoms with Crippen LogP contribution in [0.15, 0.2) is 29.4 Å². The van der Waals surface area contributed by atoms with Crippen LogP contribution in [0.4, 0.5) is 0 Å². The highest BCUT2D eigenvalue weighted by atomic mass is 16.5. The lowest BCUT2D eigenvalue weighted by atomic mass is 10.2. The fourth-order valence-electron chi connectivity index (χ4n) is 1.21. The summed E-state index contributed by atoms with van der Waals surface area (Å²) >= 11 is 0. The van der Waals surface area contributed by atoms with Crippen molar-refractivity contribution in [2.24, 2.45) is 5.10 Å². The zero-order chi connectivity index (χ0) is 9.97. The molecule has 0 radical (unpaired) electrons. The summed E-state index contributed by atoms with van der Waals surface area (Å²) in [7, 11) is 3.50. The molecule has 0 bridgehead atoms. The summed E-state index contributed by atoms with van der Waals surface area (Å²) in [5, 5.41) is 5.76. The molecule has 1 aromatic rings. The molecular formula is C9H12N4O. The number of rotatable bonds is 2. The molecule has 0 amide bonds. The summed E-state index contributed by atoms with van der Waals surface area (Å²) in [6.45, 7) is 0. The van der Waals surface area contributed by atoms with Gasteiger partial charge in [0.25, 0.3) is 0 Å². The van der Waals surface area contributed by atoms with Crippen molar-refractivity contribution >= 4 is 5.84 Å². The van der Waals surface area contributed by atoms with E-state index in [-0.39, 0.29) is 0 Å². The second-order valence-corrected chi connectivity index (χ2v) is 2.96. The molecule has 1 heterocycles. The van der Waals surface area contributed by atoms with Gasteiger partial charge < -0.3 is 4.74 Å². The second-order valence-electron chi connectivity index (χ2n) is 2.96. The van der Waals surface area contributed by atoms with Crippen molar-refractivity contribution in [2.45, 2.75) is 0 Å². The lowest BCUT2D eigenvalue weighted by Gasteiger charge is -2.08. The van der Waals surface area contributed by atoms with Crippen LogP contribution in [0.3, 0.4) is 0 Å². The fourth-order valence-corrected chi connectivity index (χ4v) is 1.21. The van der Waals surface area contributed by atoms with E-state index in [0.29, 0.717) is 0 Å². The highest BCUT2D eigenvalue weighted by Gasteiger charge is 2.11. The minimum Gasteiger partial charge on any atom is -0.497 e. The number of hydrazine groups is 2. The number of benzene rings is 1. The molecule has 14 heavy (non-hydrogen) atoms. The molecule has 0 unspecified atom stereocenters. The average Bonchev–Trinajstić information content (AvgIpc) is 2.65. The third-order valence-electron chi connectivity index (χ3n) is 1.95. The van der Waals surface area contributed by atoms with Crippen LogP contribution in [0.25, 0.3) is 0 Å². The van der Waals surface area contributed by atoms with Crippen molar-refractivity contribution in [3.8, 4) is 5.75 Å². The fraction of sp³-hybridized carbons (Fsp3) is 0.222. The van der Waals surface area contributed by atoms with Crippen LogP contribution in [0, 0.1) is 0 Å². The second kappa shape index (κ2) is 3.55. The van der Waals surface area contributed by atoms with Crippen molar-refractivity contribution in [1.29, 1.82) is 0 Å². The third-order valence-corrected chi connectivity index (χ3v) is 1.95. The van der Waals surface area contributed by atoms with Gasteiger partial charge in [-0.3, -0.25) is 5.43 Å². The Labute approximate surface area is 82.3 Å². The summed E-state index contributed by atoms with van der Waals surface area (Å²) in [5.41, 5.74) is 6.83. The van der Waals surface area contributed by atoms with Crippen LogP contribution in [-0.4, -0.2) is 25.1 Å². The Hall–Kier alpha value is -1.75. The SMILES string of the molecule is COc1ccc(C2=NNN(C)N2)cc1. The molecule has 1 aromatic carbocycles. The first-order chi connectivity index (χ1) is 6.79. The molecule has 5 heteroatoms. The van der Waals surface area contributed by atoms with E-state index in [1.807, 2.05) is 31.3 Å². The molecule has 0 aromatic heterocycles. The standard InChI is InChI=1S/C9H12N4O/c1-13-11-9(10-12-13)7-3-5-8(14-2)6-4-7/h3-6,12H,1-2H3,(H,10,11). The maximum Gasteiger partial charge on any atom is 0.170 e. The van der Waals surface area contributed by atoms with Gasteiger partial charge in [0.1, 0.15) is 5.75 Å². The van der Waals surface area contributed by atoms with Gasteiger partial charge in [-0.05, 0) is 24.3 Å². The molecule has 2 rings (SSSR count). The van der Waals surface area contributed by atoms with Gasteiger partial charge in [0.2, 0.25) is 0 Å². The number of amidine groups is 1. The summed E-state index contributed by atoms with van der Waals surface area (Å²) in [6, 6.07) is 7.70. The molecule has 0 fully saturated rings. The molecule has 0 saturated heterocycles. The Morgan fingerprint density at radius 2 is 2.00 bits per heavy atom. The molecule has 1 aliphatic rings. The minimum absolute atomic E-state index is 0.801. The van der Waals surface area contributed by atoms with Crippen molar-refractivity contribution in [3.05, 3.63) is 29.8 Å². The number of ether oxygens (including phenoxy) is 1. The Balaban J connectivity index is 2.17. The quantitative estimate of drug-likeness (QED) is 0.708. The molecule has 2 N–H and O–H groups in total. The predicted molar refractivity (Wildman–Crippen MR) is 53.6 cm³/mol. The lowest BCUT2D eigenvalue weighted by Crippen LogP contribution is -2.37. The van der Waals surface area contributed by atoms with E-state index in [1.54, 1.807) is 12.2 Å². The van der Waals surface area contributed by atoms with Crippen LogP contribution < -0.4 is 15.7 Å². The number of nitrogens with one attached hydrogen (secondary N) is 2. The number of methoxy groups -OCH3 is 1. The Kier molecular flexibility index (Phi) is 2.24. The molecule has 0 aliphatic carbocycles. The smallest absolute Gasteiger partial charge is 0.170 e. The van der Waals surface area contributed by atoms with E-state index in [9.17, 15) is 0 Å². The van der Waals surface area contributed by atoms with Crippen molar-refractivity contribution in [3.63, 3.8) is 0 Å². The van der Waals surface area contributed by atoms with Crippen molar-refractivity contribution in [1.82, 2.24) is 16.1 Å². The largest absolute Gasteiger partial charge is 0.497 e. The summed E-state index contributed by atoms with van der Waals surface area (Å²) < 4.78 is 5.07. The number of hydrogen-bond acceptors (Lipinski definition) is 5. The minimum atomic E-state index is 0.801. The average molecular weight is 192 g/mol. The Morgan fingerprint density at radius 1 is 1.29 bits per heavy atom. The highest BCUT2D eigenvalue weighted by molar-refractivity contribution is 5.98. The van der Waals surface area contributed by atoms with Gasteiger partial charge in [-0.15, -0.1) is 10.2 Å². The van der Waals surface area contributed by atoms with E-state index in [0.717, 1.165) is 17.1 Å². The van der Waals surface area contributed by atoms with Gasteiger partial charge >= 0.3 is 0 Å². The van der Waals surface area contributed by atoms with E-state index < -0.39 is 0 Å².